The molecule has 0 aromatic heterocycles. The predicted octanol–water partition coefficient (Wildman–Crippen LogP) is 2.51. The summed E-state index contributed by atoms with van der Waals surface area (Å²) < 4.78 is 10.7. The van der Waals surface area contributed by atoms with Crippen molar-refractivity contribution < 1.29 is 14.3 Å². The Balaban J connectivity index is 2.28. The average Bonchev–Trinajstić information content (AvgIpc) is 2.40. The van der Waals surface area contributed by atoms with Crippen molar-refractivity contribution in [1.29, 1.82) is 0 Å². The Morgan fingerprint density at radius 1 is 1.37 bits per heavy atom. The number of ether oxygens (including phenoxy) is 2. The van der Waals surface area contributed by atoms with E-state index in [-0.39, 0.29) is 12.2 Å². The van der Waals surface area contributed by atoms with Gasteiger partial charge >= 0.3 is 6.09 Å². The zero-order valence-electron chi connectivity index (χ0n) is 11.8. The van der Waals surface area contributed by atoms with Crippen LogP contribution in [0.15, 0.2) is 24.3 Å². The molecule has 5 nitrogen and oxygen atoms in total. The monoisotopic (exact) mass is 266 g/mol. The maximum absolute atomic E-state index is 11.6. The van der Waals surface area contributed by atoms with Gasteiger partial charge in [-0.25, -0.2) is 4.79 Å². The van der Waals surface area contributed by atoms with E-state index in [1.165, 1.54) is 4.90 Å². The van der Waals surface area contributed by atoms with Crippen LogP contribution in [0.5, 0.6) is 5.75 Å². The van der Waals surface area contributed by atoms with Crippen molar-refractivity contribution in [2.75, 3.05) is 25.9 Å². The van der Waals surface area contributed by atoms with Gasteiger partial charge in [-0.05, 0) is 37.6 Å². The summed E-state index contributed by atoms with van der Waals surface area (Å²) in [6.45, 7) is 4.73. The topological polar surface area (TPSA) is 64.8 Å². The Bertz CT molecular complexity index is 392. The fraction of sp³-hybridized carbons (Fsp3) is 0.500. The number of carbonyl (C=O) groups excluding carboxylic acids is 1. The molecule has 1 amide bonds. The molecule has 1 aromatic carbocycles. The van der Waals surface area contributed by atoms with Gasteiger partial charge in [0.25, 0.3) is 0 Å². The highest BCUT2D eigenvalue weighted by Crippen LogP contribution is 2.12. The van der Waals surface area contributed by atoms with E-state index in [1.807, 2.05) is 13.8 Å². The molecule has 0 fully saturated rings. The average molecular weight is 266 g/mol. The van der Waals surface area contributed by atoms with Crippen molar-refractivity contribution >= 4 is 11.8 Å². The predicted molar refractivity (Wildman–Crippen MR) is 75.2 cm³/mol. The Labute approximate surface area is 114 Å². The molecule has 0 aliphatic carbocycles. The second kappa shape index (κ2) is 7.51. The number of nitrogen functional groups attached to an aromatic ring is 1. The van der Waals surface area contributed by atoms with Crippen molar-refractivity contribution in [3.8, 4) is 5.75 Å². The smallest absolute Gasteiger partial charge is 0.409 e. The first-order valence-electron chi connectivity index (χ1n) is 6.43. The normalized spacial score (nSPS) is 11.7. The summed E-state index contributed by atoms with van der Waals surface area (Å²) >= 11 is 0. The van der Waals surface area contributed by atoms with Crippen LogP contribution in [-0.4, -0.2) is 37.3 Å². The minimum absolute atomic E-state index is 0.0621. The van der Waals surface area contributed by atoms with Crippen LogP contribution in [0.2, 0.25) is 0 Å². The minimum Gasteiger partial charge on any atom is -0.492 e. The van der Waals surface area contributed by atoms with Gasteiger partial charge in [-0.1, -0.05) is 6.92 Å². The van der Waals surface area contributed by atoms with Crippen LogP contribution in [0.1, 0.15) is 20.3 Å². The number of anilines is 1. The molecule has 0 radical (unpaired) electrons. The third-order valence-electron chi connectivity index (χ3n) is 2.76. The molecule has 1 rings (SSSR count). The fourth-order valence-corrected chi connectivity index (χ4v) is 1.30. The molecule has 0 aliphatic heterocycles. The molecule has 5 heteroatoms. The molecule has 19 heavy (non-hydrogen) atoms. The highest BCUT2D eigenvalue weighted by atomic mass is 16.6. The number of carbonyl (C=O) groups is 1. The zero-order chi connectivity index (χ0) is 14.3. The lowest BCUT2D eigenvalue weighted by atomic mass is 10.3. The van der Waals surface area contributed by atoms with Gasteiger partial charge in [-0.2, -0.15) is 0 Å². The van der Waals surface area contributed by atoms with E-state index in [2.05, 4.69) is 0 Å². The first-order chi connectivity index (χ1) is 9.02. The Hall–Kier alpha value is -1.91. The fourth-order valence-electron chi connectivity index (χ4n) is 1.30. The van der Waals surface area contributed by atoms with Gasteiger partial charge in [0.05, 0.1) is 6.54 Å². The van der Waals surface area contributed by atoms with Crippen LogP contribution >= 0.6 is 0 Å². The number of nitrogens with two attached hydrogens (primary N) is 1. The van der Waals surface area contributed by atoms with E-state index in [1.54, 1.807) is 31.3 Å². The molecule has 0 heterocycles. The van der Waals surface area contributed by atoms with Gasteiger partial charge in [0.15, 0.2) is 0 Å². The third kappa shape index (κ3) is 5.50. The SMILES string of the molecule is CCC(C)OC(=O)N(C)CCOc1ccc(N)cc1. The molecule has 0 spiro atoms. The van der Waals surface area contributed by atoms with Gasteiger partial charge in [0.2, 0.25) is 0 Å². The van der Waals surface area contributed by atoms with Gasteiger partial charge in [-0.3, -0.25) is 0 Å². The standard InChI is InChI=1S/C14H22N2O3/c1-4-11(2)19-14(17)16(3)9-10-18-13-7-5-12(15)6-8-13/h5-8,11H,4,9-10,15H2,1-3H3. The summed E-state index contributed by atoms with van der Waals surface area (Å²) in [5.41, 5.74) is 6.27. The molecular formula is C14H22N2O3. The molecule has 0 bridgehead atoms. The molecular weight excluding hydrogens is 244 g/mol. The van der Waals surface area contributed by atoms with E-state index >= 15 is 0 Å². The number of benzene rings is 1. The number of hydrogen-bond acceptors (Lipinski definition) is 4. The van der Waals surface area contributed by atoms with Crippen LogP contribution in [0.3, 0.4) is 0 Å². The molecule has 2 N–H and O–H groups in total. The maximum atomic E-state index is 11.6. The summed E-state index contributed by atoms with van der Waals surface area (Å²) in [7, 11) is 1.69. The summed E-state index contributed by atoms with van der Waals surface area (Å²) in [6, 6.07) is 7.14. The maximum Gasteiger partial charge on any atom is 0.409 e. The lowest BCUT2D eigenvalue weighted by Crippen LogP contribution is -2.33. The van der Waals surface area contributed by atoms with Crippen molar-refractivity contribution in [3.05, 3.63) is 24.3 Å². The highest BCUT2D eigenvalue weighted by Gasteiger charge is 2.12. The highest BCUT2D eigenvalue weighted by molar-refractivity contribution is 5.67. The number of nitrogens with zero attached hydrogens (tertiary/aromatic N) is 1. The first kappa shape index (κ1) is 15.1. The van der Waals surface area contributed by atoms with Gasteiger partial charge in [0, 0.05) is 12.7 Å². The number of hydrogen-bond donors (Lipinski definition) is 1. The van der Waals surface area contributed by atoms with E-state index in [0.717, 1.165) is 12.2 Å². The molecule has 1 aromatic rings. The number of likely N-dealkylation sites (N-methyl/N-ethyl adjacent to an activating group) is 1. The van der Waals surface area contributed by atoms with E-state index in [0.29, 0.717) is 18.8 Å². The van der Waals surface area contributed by atoms with Gasteiger partial charge < -0.3 is 20.1 Å². The van der Waals surface area contributed by atoms with Crippen LogP contribution < -0.4 is 10.5 Å². The molecule has 106 valence electrons. The quantitative estimate of drug-likeness (QED) is 0.803. The zero-order valence-corrected chi connectivity index (χ0v) is 11.8. The van der Waals surface area contributed by atoms with Crippen molar-refractivity contribution in [1.82, 2.24) is 4.90 Å². The second-order valence-corrected chi connectivity index (χ2v) is 4.44. The summed E-state index contributed by atoms with van der Waals surface area (Å²) in [5.74, 6) is 0.734. The number of rotatable bonds is 6. The Kier molecular flexibility index (Phi) is 5.99. The lowest BCUT2D eigenvalue weighted by molar-refractivity contribution is 0.0716. The summed E-state index contributed by atoms with van der Waals surface area (Å²) in [6.07, 6.45) is 0.421. The van der Waals surface area contributed by atoms with E-state index in [9.17, 15) is 4.79 Å². The largest absolute Gasteiger partial charge is 0.492 e. The van der Waals surface area contributed by atoms with Crippen LogP contribution in [0.25, 0.3) is 0 Å². The molecule has 0 saturated carbocycles. The van der Waals surface area contributed by atoms with Crippen LogP contribution in [0, 0.1) is 0 Å². The summed E-state index contributed by atoms with van der Waals surface area (Å²) in [4.78, 5) is 13.1. The third-order valence-corrected chi connectivity index (χ3v) is 2.76. The van der Waals surface area contributed by atoms with Crippen LogP contribution in [0.4, 0.5) is 10.5 Å². The molecule has 0 saturated heterocycles. The van der Waals surface area contributed by atoms with Crippen molar-refractivity contribution in [2.45, 2.75) is 26.4 Å². The molecule has 0 aliphatic rings. The Morgan fingerprint density at radius 2 is 2.00 bits per heavy atom. The Morgan fingerprint density at radius 3 is 2.58 bits per heavy atom. The molecule has 1 unspecified atom stereocenters. The minimum atomic E-state index is -0.324. The number of amides is 1. The second-order valence-electron chi connectivity index (χ2n) is 4.44. The van der Waals surface area contributed by atoms with E-state index in [4.69, 9.17) is 15.2 Å². The lowest BCUT2D eigenvalue weighted by Gasteiger charge is -2.19. The molecule has 1 atom stereocenters. The summed E-state index contributed by atoms with van der Waals surface area (Å²) in [5, 5.41) is 0. The van der Waals surface area contributed by atoms with Crippen LogP contribution in [-0.2, 0) is 4.74 Å². The van der Waals surface area contributed by atoms with Gasteiger partial charge in [-0.15, -0.1) is 0 Å². The van der Waals surface area contributed by atoms with Gasteiger partial charge in [0.1, 0.15) is 18.5 Å². The first-order valence-corrected chi connectivity index (χ1v) is 6.43. The van der Waals surface area contributed by atoms with Crippen molar-refractivity contribution in [3.63, 3.8) is 0 Å². The van der Waals surface area contributed by atoms with E-state index < -0.39 is 0 Å². The van der Waals surface area contributed by atoms with Crippen molar-refractivity contribution in [2.24, 2.45) is 0 Å².